The van der Waals surface area contributed by atoms with Crippen LogP contribution in [0.15, 0.2) is 24.3 Å². The lowest BCUT2D eigenvalue weighted by molar-refractivity contribution is 0.0948. The molecule has 0 bridgehead atoms. The highest BCUT2D eigenvalue weighted by molar-refractivity contribution is 9.09. The van der Waals surface area contributed by atoms with Gasteiger partial charge in [-0.25, -0.2) is 0 Å². The van der Waals surface area contributed by atoms with E-state index in [2.05, 4.69) is 35.1 Å². The summed E-state index contributed by atoms with van der Waals surface area (Å²) in [7, 11) is 0. The molecule has 3 nitrogen and oxygen atoms in total. The topological polar surface area (TPSA) is 38.3 Å². The minimum absolute atomic E-state index is 0.0217. The zero-order chi connectivity index (χ0) is 14.8. The molecule has 20 heavy (non-hydrogen) atoms. The predicted octanol–water partition coefficient (Wildman–Crippen LogP) is 4.02. The molecule has 1 aromatic carbocycles. The second kappa shape index (κ2) is 9.81. The van der Waals surface area contributed by atoms with Crippen molar-refractivity contribution in [3.63, 3.8) is 0 Å². The SMILES string of the molecule is CCCCOc1ccc(C(=O)NCC(C)CCBr)cc1. The first-order valence-corrected chi connectivity index (χ1v) is 8.36. The molecule has 0 spiro atoms. The molecule has 1 atom stereocenters. The molecule has 1 N–H and O–H groups in total. The van der Waals surface area contributed by atoms with Gasteiger partial charge in [0.15, 0.2) is 0 Å². The van der Waals surface area contributed by atoms with Crippen LogP contribution in [0.2, 0.25) is 0 Å². The van der Waals surface area contributed by atoms with E-state index < -0.39 is 0 Å². The van der Waals surface area contributed by atoms with Gasteiger partial charge in [-0.2, -0.15) is 0 Å². The van der Waals surface area contributed by atoms with Gasteiger partial charge in [0.2, 0.25) is 0 Å². The maximum absolute atomic E-state index is 12.0. The van der Waals surface area contributed by atoms with Crippen LogP contribution in [0.25, 0.3) is 0 Å². The largest absolute Gasteiger partial charge is 0.494 e. The van der Waals surface area contributed by atoms with E-state index in [0.717, 1.165) is 36.9 Å². The normalized spacial score (nSPS) is 11.9. The molecule has 0 radical (unpaired) electrons. The molecule has 0 fully saturated rings. The highest BCUT2D eigenvalue weighted by atomic mass is 79.9. The molecule has 0 saturated carbocycles. The molecular weight excluding hydrogens is 318 g/mol. The highest BCUT2D eigenvalue weighted by Crippen LogP contribution is 2.13. The molecule has 0 heterocycles. The number of amides is 1. The zero-order valence-electron chi connectivity index (χ0n) is 12.3. The van der Waals surface area contributed by atoms with E-state index in [9.17, 15) is 4.79 Å². The number of benzene rings is 1. The van der Waals surface area contributed by atoms with E-state index in [-0.39, 0.29) is 5.91 Å². The quantitative estimate of drug-likeness (QED) is 0.544. The smallest absolute Gasteiger partial charge is 0.251 e. The number of halogens is 1. The van der Waals surface area contributed by atoms with Crippen LogP contribution in [-0.4, -0.2) is 24.4 Å². The van der Waals surface area contributed by atoms with Crippen LogP contribution in [0.1, 0.15) is 43.5 Å². The van der Waals surface area contributed by atoms with Gasteiger partial charge in [-0.05, 0) is 43.0 Å². The number of carbonyl (C=O) groups excluding carboxylic acids is 1. The lowest BCUT2D eigenvalue weighted by Crippen LogP contribution is -2.28. The van der Waals surface area contributed by atoms with Gasteiger partial charge in [-0.15, -0.1) is 0 Å². The van der Waals surface area contributed by atoms with E-state index in [1.807, 2.05) is 24.3 Å². The van der Waals surface area contributed by atoms with E-state index >= 15 is 0 Å². The van der Waals surface area contributed by atoms with Gasteiger partial charge in [0.25, 0.3) is 5.91 Å². The predicted molar refractivity (Wildman–Crippen MR) is 86.8 cm³/mol. The molecule has 0 saturated heterocycles. The van der Waals surface area contributed by atoms with E-state index in [1.54, 1.807) is 0 Å². The summed E-state index contributed by atoms with van der Waals surface area (Å²) in [6.07, 6.45) is 3.23. The highest BCUT2D eigenvalue weighted by Gasteiger charge is 2.07. The minimum Gasteiger partial charge on any atom is -0.494 e. The van der Waals surface area contributed by atoms with Gasteiger partial charge >= 0.3 is 0 Å². The number of alkyl halides is 1. The van der Waals surface area contributed by atoms with Crippen LogP contribution >= 0.6 is 15.9 Å². The molecular formula is C16H24BrNO2. The molecule has 1 rings (SSSR count). The molecule has 4 heteroatoms. The van der Waals surface area contributed by atoms with Crippen LogP contribution in [0.3, 0.4) is 0 Å². The van der Waals surface area contributed by atoms with E-state index in [4.69, 9.17) is 4.74 Å². The maximum atomic E-state index is 12.0. The van der Waals surface area contributed by atoms with E-state index in [1.165, 1.54) is 0 Å². The minimum atomic E-state index is -0.0217. The average molecular weight is 342 g/mol. The first-order valence-electron chi connectivity index (χ1n) is 7.24. The van der Waals surface area contributed by atoms with Gasteiger partial charge in [-0.1, -0.05) is 36.2 Å². The Morgan fingerprint density at radius 2 is 2.05 bits per heavy atom. The van der Waals surface area contributed by atoms with Crippen LogP contribution in [0, 0.1) is 5.92 Å². The Labute approximate surface area is 130 Å². The second-order valence-electron chi connectivity index (χ2n) is 5.02. The Kier molecular flexibility index (Phi) is 8.35. The third-order valence-corrected chi connectivity index (χ3v) is 3.55. The summed E-state index contributed by atoms with van der Waals surface area (Å²) in [5.74, 6) is 1.28. The fourth-order valence-corrected chi connectivity index (χ4v) is 2.48. The van der Waals surface area contributed by atoms with E-state index in [0.29, 0.717) is 18.0 Å². The lowest BCUT2D eigenvalue weighted by Gasteiger charge is -2.11. The fourth-order valence-electron chi connectivity index (χ4n) is 1.69. The van der Waals surface area contributed by atoms with Crippen molar-refractivity contribution >= 4 is 21.8 Å². The average Bonchev–Trinajstić information content (AvgIpc) is 2.46. The number of nitrogens with one attached hydrogen (secondary N) is 1. The van der Waals surface area contributed by atoms with Gasteiger partial charge in [0.05, 0.1) is 6.61 Å². The maximum Gasteiger partial charge on any atom is 0.251 e. The third-order valence-electron chi connectivity index (χ3n) is 3.10. The number of carbonyl (C=O) groups is 1. The Balaban J connectivity index is 2.40. The summed E-state index contributed by atoms with van der Waals surface area (Å²) in [5, 5.41) is 3.92. The number of rotatable bonds is 9. The monoisotopic (exact) mass is 341 g/mol. The van der Waals surface area contributed by atoms with Crippen LogP contribution < -0.4 is 10.1 Å². The first kappa shape index (κ1) is 17.0. The van der Waals surface area contributed by atoms with Crippen LogP contribution in [-0.2, 0) is 0 Å². The van der Waals surface area contributed by atoms with Gasteiger partial charge < -0.3 is 10.1 Å². The standard InChI is InChI=1S/C16H24BrNO2/c1-3-4-11-20-15-7-5-14(6-8-15)16(19)18-12-13(2)9-10-17/h5-8,13H,3-4,9-12H2,1-2H3,(H,18,19). The number of hydrogen-bond donors (Lipinski definition) is 1. The summed E-state index contributed by atoms with van der Waals surface area (Å²) >= 11 is 3.41. The van der Waals surface area contributed by atoms with Crippen molar-refractivity contribution in [2.24, 2.45) is 5.92 Å². The van der Waals surface area contributed by atoms with Gasteiger partial charge in [0, 0.05) is 17.4 Å². The summed E-state index contributed by atoms with van der Waals surface area (Å²) in [4.78, 5) is 12.0. The van der Waals surface area contributed by atoms with Crippen molar-refractivity contribution in [3.8, 4) is 5.75 Å². The molecule has 0 aliphatic heterocycles. The van der Waals surface area contributed by atoms with Crippen molar-refractivity contribution in [3.05, 3.63) is 29.8 Å². The van der Waals surface area contributed by atoms with Crippen molar-refractivity contribution in [1.82, 2.24) is 5.32 Å². The number of hydrogen-bond acceptors (Lipinski definition) is 2. The number of unbranched alkanes of at least 4 members (excludes halogenated alkanes) is 1. The summed E-state index contributed by atoms with van der Waals surface area (Å²) in [6, 6.07) is 7.33. The molecule has 1 amide bonds. The van der Waals surface area contributed by atoms with Crippen molar-refractivity contribution in [1.29, 1.82) is 0 Å². The zero-order valence-corrected chi connectivity index (χ0v) is 13.9. The Morgan fingerprint density at radius 1 is 1.35 bits per heavy atom. The van der Waals surface area contributed by atoms with Crippen LogP contribution in [0.4, 0.5) is 0 Å². The summed E-state index contributed by atoms with van der Waals surface area (Å²) in [6.45, 7) is 5.70. The molecule has 112 valence electrons. The van der Waals surface area contributed by atoms with Crippen LogP contribution in [0.5, 0.6) is 5.75 Å². The first-order chi connectivity index (χ1) is 9.67. The van der Waals surface area contributed by atoms with Gasteiger partial charge in [0.1, 0.15) is 5.75 Å². The van der Waals surface area contributed by atoms with Gasteiger partial charge in [-0.3, -0.25) is 4.79 Å². The molecule has 0 aliphatic rings. The molecule has 0 aliphatic carbocycles. The fraction of sp³-hybridized carbons (Fsp3) is 0.562. The second-order valence-corrected chi connectivity index (χ2v) is 5.81. The van der Waals surface area contributed by atoms with Crippen molar-refractivity contribution in [2.45, 2.75) is 33.1 Å². The Bertz CT molecular complexity index is 392. The molecule has 1 unspecified atom stereocenters. The molecule has 0 aromatic heterocycles. The Morgan fingerprint density at radius 3 is 2.65 bits per heavy atom. The third kappa shape index (κ3) is 6.42. The molecule has 1 aromatic rings. The summed E-state index contributed by atoms with van der Waals surface area (Å²) in [5.41, 5.74) is 0.680. The lowest BCUT2D eigenvalue weighted by atomic mass is 10.1. The number of ether oxygens (including phenoxy) is 1. The van der Waals surface area contributed by atoms with Crippen molar-refractivity contribution in [2.75, 3.05) is 18.5 Å². The van der Waals surface area contributed by atoms with Crippen molar-refractivity contribution < 1.29 is 9.53 Å². The Hall–Kier alpha value is -1.03. The summed E-state index contributed by atoms with van der Waals surface area (Å²) < 4.78 is 5.57.